The van der Waals surface area contributed by atoms with E-state index in [4.69, 9.17) is 28.4 Å². The highest BCUT2D eigenvalue weighted by Gasteiger charge is 2.23. The molecule has 10 bridgehead atoms. The Labute approximate surface area is 326 Å². The van der Waals surface area contributed by atoms with E-state index in [1.165, 1.54) is 0 Å². The van der Waals surface area contributed by atoms with Crippen molar-refractivity contribution < 1.29 is 54.8 Å². The van der Waals surface area contributed by atoms with Crippen LogP contribution in [0.25, 0.3) is 0 Å². The van der Waals surface area contributed by atoms with Gasteiger partial charge in [0.05, 0.1) is 38.9 Å². The van der Waals surface area contributed by atoms with Crippen molar-refractivity contribution in [3.63, 3.8) is 0 Å². The minimum Gasteiger partial charge on any atom is -0.491 e. The average molecular weight is 809 g/mol. The molecule has 0 radical (unpaired) electrons. The first kappa shape index (κ1) is 40.5. The van der Waals surface area contributed by atoms with Gasteiger partial charge in [0.15, 0.2) is 13.2 Å². The van der Waals surface area contributed by atoms with Crippen LogP contribution in [0.4, 0.5) is 0 Å². The molecular weight excluding hydrogens is 765 g/mol. The summed E-state index contributed by atoms with van der Waals surface area (Å²) in [5.41, 5.74) is 6.15. The standard InChI is InChI=1S/C40H44N2O12S2/c1-55(45,46)41-35(43)25-53-39-31-11-5-13-33(39)24-34-14-6-12-32(40(34)54-26-36(44)42-56(2,47)48)23-30-10-4-8-28-21-27-7-3-9-29(22-31)37(27)51-19-17-49-15-16-50-18-20-52-38(28)30/h3-14H,15-26H2,1-2H3,(H,41,43)(H,42,44). The predicted molar refractivity (Wildman–Crippen MR) is 207 cm³/mol. The average Bonchev–Trinajstić information content (AvgIpc) is 3.12. The van der Waals surface area contributed by atoms with Gasteiger partial charge in [0, 0.05) is 25.7 Å². The smallest absolute Gasteiger partial charge is 0.271 e. The van der Waals surface area contributed by atoms with Crippen LogP contribution in [0, 0.1) is 0 Å². The molecule has 56 heavy (non-hydrogen) atoms. The first-order valence-corrected chi connectivity index (χ1v) is 21.7. The van der Waals surface area contributed by atoms with Crippen LogP contribution in [-0.4, -0.2) is 94.0 Å². The van der Waals surface area contributed by atoms with E-state index in [0.29, 0.717) is 90.9 Å². The van der Waals surface area contributed by atoms with Crippen LogP contribution in [0.2, 0.25) is 0 Å². The van der Waals surface area contributed by atoms with Gasteiger partial charge in [-0.15, -0.1) is 0 Å². The maximum Gasteiger partial charge on any atom is 0.271 e. The Morgan fingerprint density at radius 1 is 0.500 bits per heavy atom. The lowest BCUT2D eigenvalue weighted by Gasteiger charge is -2.22. The number of rotatable bonds is 8. The van der Waals surface area contributed by atoms with Crippen molar-refractivity contribution >= 4 is 31.9 Å². The molecule has 4 aromatic carbocycles. The molecule has 1 aliphatic carbocycles. The summed E-state index contributed by atoms with van der Waals surface area (Å²) in [6, 6.07) is 22.9. The Balaban J connectivity index is 1.52. The van der Waals surface area contributed by atoms with Gasteiger partial charge in [-0.3, -0.25) is 19.0 Å². The second-order valence-corrected chi connectivity index (χ2v) is 16.9. The van der Waals surface area contributed by atoms with Crippen LogP contribution in [0.5, 0.6) is 23.0 Å². The number of benzene rings is 4. The van der Waals surface area contributed by atoms with Gasteiger partial charge in [0.2, 0.25) is 20.0 Å². The Hall–Kier alpha value is -5.16. The normalized spacial score (nSPS) is 15.0. The molecule has 1 heterocycles. The fourth-order valence-corrected chi connectivity index (χ4v) is 7.65. The molecule has 6 rings (SSSR count). The van der Waals surface area contributed by atoms with Crippen LogP contribution < -0.4 is 28.4 Å². The molecule has 0 saturated carbocycles. The maximum absolute atomic E-state index is 12.7. The third kappa shape index (κ3) is 11.2. The summed E-state index contributed by atoms with van der Waals surface area (Å²) < 4.78 is 88.1. The Morgan fingerprint density at radius 2 is 0.786 bits per heavy atom. The second kappa shape index (κ2) is 18.2. The van der Waals surface area contributed by atoms with Crippen molar-refractivity contribution in [3.8, 4) is 23.0 Å². The zero-order valence-corrected chi connectivity index (χ0v) is 32.8. The molecule has 0 atom stereocenters. The van der Waals surface area contributed by atoms with Gasteiger partial charge >= 0.3 is 0 Å². The van der Waals surface area contributed by atoms with Gasteiger partial charge in [0.1, 0.15) is 36.2 Å². The van der Waals surface area contributed by atoms with E-state index in [1.807, 2.05) is 82.2 Å². The van der Waals surface area contributed by atoms with Gasteiger partial charge in [-0.05, 0) is 44.5 Å². The number of nitrogens with one attached hydrogen (secondary N) is 2. The first-order valence-electron chi connectivity index (χ1n) is 17.9. The summed E-state index contributed by atoms with van der Waals surface area (Å²) in [6.07, 6.45) is 3.03. The maximum atomic E-state index is 12.7. The summed E-state index contributed by atoms with van der Waals surface area (Å²) in [6.45, 7) is 0.812. The number of hydrogen-bond acceptors (Lipinski definition) is 12. The molecule has 4 aromatic rings. The van der Waals surface area contributed by atoms with Crippen molar-refractivity contribution in [1.29, 1.82) is 0 Å². The van der Waals surface area contributed by atoms with E-state index in [1.54, 1.807) is 0 Å². The number of para-hydroxylation sites is 4. The van der Waals surface area contributed by atoms with Crippen molar-refractivity contribution in [1.82, 2.24) is 9.44 Å². The lowest BCUT2D eigenvalue weighted by Crippen LogP contribution is -2.33. The lowest BCUT2D eigenvalue weighted by atomic mass is 9.91. The largest absolute Gasteiger partial charge is 0.491 e. The number of amides is 2. The zero-order chi connectivity index (χ0) is 39.7. The molecule has 14 nitrogen and oxygen atoms in total. The number of hydrogen-bond donors (Lipinski definition) is 2. The third-order valence-electron chi connectivity index (χ3n) is 8.85. The molecule has 0 aromatic heterocycles. The molecule has 0 saturated heterocycles. The topological polar surface area (TPSA) is 182 Å². The number of carbonyl (C=O) groups excluding carboxylic acids is 2. The monoisotopic (exact) mass is 808 g/mol. The Bertz CT molecular complexity index is 2140. The minimum atomic E-state index is -3.84. The van der Waals surface area contributed by atoms with E-state index in [-0.39, 0.29) is 19.6 Å². The fourth-order valence-electron chi connectivity index (χ4n) is 6.70. The van der Waals surface area contributed by atoms with Gasteiger partial charge in [-0.25, -0.2) is 16.8 Å². The van der Waals surface area contributed by atoms with E-state index < -0.39 is 45.1 Å². The lowest BCUT2D eigenvalue weighted by molar-refractivity contribution is -0.122. The van der Waals surface area contributed by atoms with Crippen molar-refractivity contribution in [2.75, 3.05) is 65.4 Å². The molecule has 0 spiro atoms. The molecule has 0 unspecified atom stereocenters. The number of sulfonamides is 2. The van der Waals surface area contributed by atoms with Crippen molar-refractivity contribution in [3.05, 3.63) is 117 Å². The molecule has 2 aliphatic rings. The van der Waals surface area contributed by atoms with Gasteiger partial charge < -0.3 is 28.4 Å². The summed E-state index contributed by atoms with van der Waals surface area (Å²) in [5.74, 6) is 0.354. The Kier molecular flexibility index (Phi) is 13.2. The predicted octanol–water partition coefficient (Wildman–Crippen LogP) is 3.08. The summed E-state index contributed by atoms with van der Waals surface area (Å²) in [7, 11) is -7.68. The summed E-state index contributed by atoms with van der Waals surface area (Å²) in [5, 5.41) is 0. The van der Waals surface area contributed by atoms with E-state index >= 15 is 0 Å². The summed E-state index contributed by atoms with van der Waals surface area (Å²) in [4.78, 5) is 25.4. The fraction of sp³-hybridized carbons (Fsp3) is 0.350. The van der Waals surface area contributed by atoms with Crippen LogP contribution in [0.1, 0.15) is 44.5 Å². The van der Waals surface area contributed by atoms with Crippen LogP contribution >= 0.6 is 0 Å². The number of ether oxygens (including phenoxy) is 6. The van der Waals surface area contributed by atoms with Gasteiger partial charge in [-0.2, -0.15) is 0 Å². The SMILES string of the molecule is CS(=O)(=O)NC(=O)COc1c2cccc1Cc1cccc(c1OCC(=O)NS(C)(=O)=O)Cc1cccc3c1OCCOCCOCCOc1c(cccc1C2)C3. The van der Waals surface area contributed by atoms with E-state index in [0.717, 1.165) is 34.8 Å². The first-order chi connectivity index (χ1) is 26.8. The quantitative estimate of drug-likeness (QED) is 0.234. The molecule has 0 fully saturated rings. The third-order valence-corrected chi connectivity index (χ3v) is 10.0. The highest BCUT2D eigenvalue weighted by atomic mass is 32.2. The highest BCUT2D eigenvalue weighted by Crippen LogP contribution is 2.39. The summed E-state index contributed by atoms with van der Waals surface area (Å²) >= 11 is 0. The molecule has 1 aliphatic heterocycles. The van der Waals surface area contributed by atoms with Gasteiger partial charge in [0.25, 0.3) is 11.8 Å². The van der Waals surface area contributed by atoms with E-state index in [9.17, 15) is 26.4 Å². The zero-order valence-electron chi connectivity index (χ0n) is 31.1. The van der Waals surface area contributed by atoms with Crippen molar-refractivity contribution in [2.45, 2.75) is 25.7 Å². The Morgan fingerprint density at radius 3 is 1.12 bits per heavy atom. The molecular formula is C40H44N2O12S2. The minimum absolute atomic E-state index is 0.190. The molecule has 2 N–H and O–H groups in total. The van der Waals surface area contributed by atoms with Gasteiger partial charge in [-0.1, -0.05) is 72.8 Å². The van der Waals surface area contributed by atoms with E-state index in [2.05, 4.69) is 0 Å². The highest BCUT2D eigenvalue weighted by molar-refractivity contribution is 7.89. The van der Waals surface area contributed by atoms with Crippen LogP contribution in [0.15, 0.2) is 72.8 Å². The molecule has 16 heteroatoms. The molecule has 2 amide bonds. The molecule has 298 valence electrons. The number of carbonyl (C=O) groups is 2. The second-order valence-electron chi connectivity index (χ2n) is 13.4. The van der Waals surface area contributed by atoms with Crippen LogP contribution in [-0.2, 0) is 64.8 Å². The van der Waals surface area contributed by atoms with Crippen molar-refractivity contribution in [2.24, 2.45) is 0 Å². The number of fused-ring (bicyclic) bond motifs is 4. The van der Waals surface area contributed by atoms with Crippen LogP contribution in [0.3, 0.4) is 0 Å².